The molecule has 4 rings (SSSR count). The Morgan fingerprint density at radius 1 is 1.19 bits per heavy atom. The molecular weight excluding hydrogens is 438 g/mol. The van der Waals surface area contributed by atoms with E-state index < -0.39 is 27.1 Å². The number of nitrogens with zero attached hydrogens (tertiary/aromatic N) is 1. The summed E-state index contributed by atoms with van der Waals surface area (Å²) in [6.07, 6.45) is 2.29. The first-order valence-electron chi connectivity index (χ1n) is 10.5. The van der Waals surface area contributed by atoms with Crippen molar-refractivity contribution in [2.45, 2.75) is 24.8 Å². The van der Waals surface area contributed by atoms with Crippen LogP contribution in [0.5, 0.6) is 0 Å². The molecule has 0 spiro atoms. The van der Waals surface area contributed by atoms with Crippen LogP contribution in [-0.2, 0) is 19.6 Å². The van der Waals surface area contributed by atoms with Gasteiger partial charge in [-0.25, -0.2) is 21.9 Å². The average molecular weight is 465 g/mol. The van der Waals surface area contributed by atoms with E-state index in [-0.39, 0.29) is 36.6 Å². The molecule has 1 aliphatic carbocycles. The second kappa shape index (κ2) is 8.53. The zero-order valence-corrected chi connectivity index (χ0v) is 18.8. The Labute approximate surface area is 186 Å². The van der Waals surface area contributed by atoms with Crippen LogP contribution in [0.4, 0.5) is 8.78 Å². The van der Waals surface area contributed by atoms with E-state index in [1.807, 2.05) is 0 Å². The second-order valence-corrected chi connectivity index (χ2v) is 10.4. The quantitative estimate of drug-likeness (QED) is 0.652. The van der Waals surface area contributed by atoms with Crippen molar-refractivity contribution in [3.05, 3.63) is 59.7 Å². The average Bonchev–Trinajstić information content (AvgIpc) is 3.42. The van der Waals surface area contributed by atoms with Crippen molar-refractivity contribution in [3.63, 3.8) is 0 Å². The highest BCUT2D eigenvalue weighted by Gasteiger charge is 2.63. The van der Waals surface area contributed by atoms with Gasteiger partial charge in [-0.15, -0.1) is 0 Å². The molecule has 6 nitrogen and oxygen atoms in total. The maximum Gasteiger partial charge on any atom is 0.232 e. The van der Waals surface area contributed by atoms with Crippen molar-refractivity contribution >= 4 is 15.9 Å². The summed E-state index contributed by atoms with van der Waals surface area (Å²) in [6, 6.07) is 10.5. The highest BCUT2D eigenvalue weighted by molar-refractivity contribution is 7.88. The maximum atomic E-state index is 14.5. The van der Waals surface area contributed by atoms with Crippen LogP contribution in [0.25, 0.3) is 11.1 Å². The molecular formula is C23H26F2N2O4S. The van der Waals surface area contributed by atoms with Crippen LogP contribution in [0.15, 0.2) is 42.5 Å². The van der Waals surface area contributed by atoms with E-state index in [0.29, 0.717) is 30.5 Å². The predicted molar refractivity (Wildman–Crippen MR) is 116 cm³/mol. The normalized spacial score (nSPS) is 24.8. The number of hydrogen-bond acceptors (Lipinski definition) is 4. The molecule has 1 heterocycles. The third-order valence-corrected chi connectivity index (χ3v) is 7.15. The molecule has 2 aliphatic rings. The summed E-state index contributed by atoms with van der Waals surface area (Å²) in [7, 11) is -1.84. The zero-order valence-electron chi connectivity index (χ0n) is 18.0. The number of carbonyl (C=O) groups excluding carboxylic acids is 1. The van der Waals surface area contributed by atoms with E-state index in [1.165, 1.54) is 25.3 Å². The Bertz CT molecular complexity index is 1120. The van der Waals surface area contributed by atoms with Gasteiger partial charge in [-0.05, 0) is 36.1 Å². The van der Waals surface area contributed by atoms with Crippen molar-refractivity contribution in [2.24, 2.45) is 5.41 Å². The molecule has 0 bridgehead atoms. The lowest BCUT2D eigenvalue weighted by molar-refractivity contribution is -0.147. The fraction of sp³-hybridized carbons (Fsp3) is 0.435. The monoisotopic (exact) mass is 464 g/mol. The largest absolute Gasteiger partial charge is 0.384 e. The molecule has 2 unspecified atom stereocenters. The Morgan fingerprint density at radius 2 is 1.88 bits per heavy atom. The van der Waals surface area contributed by atoms with Gasteiger partial charge >= 0.3 is 0 Å². The minimum absolute atomic E-state index is 0.104. The molecule has 1 saturated carbocycles. The third-order valence-electron chi connectivity index (χ3n) is 6.46. The molecule has 1 N–H and O–H groups in total. The number of sulfonamides is 1. The SMILES string of the molecule is COCC1(C(=O)N2CC[C@H]2CNS(C)(=O)=O)CC1c1ccccc1-c1c(F)cccc1F. The van der Waals surface area contributed by atoms with Gasteiger partial charge in [-0.1, -0.05) is 30.3 Å². The summed E-state index contributed by atoms with van der Waals surface area (Å²) in [5.74, 6) is -1.68. The number of methoxy groups -OCH3 is 1. The van der Waals surface area contributed by atoms with E-state index in [1.54, 1.807) is 29.2 Å². The van der Waals surface area contributed by atoms with E-state index in [0.717, 1.165) is 6.26 Å². The molecule has 9 heteroatoms. The van der Waals surface area contributed by atoms with Gasteiger partial charge in [-0.3, -0.25) is 4.79 Å². The topological polar surface area (TPSA) is 75.7 Å². The molecule has 0 radical (unpaired) electrons. The summed E-state index contributed by atoms with van der Waals surface area (Å²) in [6.45, 7) is 0.874. The second-order valence-electron chi connectivity index (χ2n) is 8.59. The molecule has 1 saturated heterocycles. The van der Waals surface area contributed by atoms with Gasteiger partial charge in [0.05, 0.1) is 23.8 Å². The Kier molecular flexibility index (Phi) is 6.08. The summed E-state index contributed by atoms with van der Waals surface area (Å²) < 4.78 is 59.8. The first-order chi connectivity index (χ1) is 15.2. The first kappa shape index (κ1) is 22.8. The van der Waals surface area contributed by atoms with Gasteiger partial charge in [0.1, 0.15) is 11.6 Å². The van der Waals surface area contributed by atoms with Crippen LogP contribution < -0.4 is 4.72 Å². The molecule has 2 aromatic carbocycles. The highest BCUT2D eigenvalue weighted by Crippen LogP contribution is 2.62. The summed E-state index contributed by atoms with van der Waals surface area (Å²) >= 11 is 0. The van der Waals surface area contributed by atoms with Crippen molar-refractivity contribution in [2.75, 3.05) is 33.1 Å². The Hall–Kier alpha value is -2.36. The number of carbonyl (C=O) groups is 1. The van der Waals surface area contributed by atoms with Gasteiger partial charge in [0.25, 0.3) is 0 Å². The van der Waals surface area contributed by atoms with Crippen molar-refractivity contribution in [1.29, 1.82) is 0 Å². The Morgan fingerprint density at radius 3 is 2.47 bits per heavy atom. The lowest BCUT2D eigenvalue weighted by Crippen LogP contribution is -2.58. The fourth-order valence-corrected chi connectivity index (χ4v) is 5.16. The number of halogens is 2. The number of rotatable bonds is 8. The minimum atomic E-state index is -3.36. The lowest BCUT2D eigenvalue weighted by atomic mass is 9.90. The van der Waals surface area contributed by atoms with Crippen molar-refractivity contribution < 1.29 is 26.7 Å². The Balaban J connectivity index is 1.62. The van der Waals surface area contributed by atoms with Crippen LogP contribution in [0.1, 0.15) is 24.3 Å². The van der Waals surface area contributed by atoms with Gasteiger partial charge < -0.3 is 9.64 Å². The molecule has 2 aromatic rings. The standard InChI is InChI=1S/C23H26F2N2O4S/c1-31-14-23(22(28)27-11-10-15(27)13-26-32(2,29)30)12-18(23)16-6-3-4-7-17(16)21-19(24)8-5-9-20(21)25/h3-9,15,18,26H,10-14H2,1-2H3/t15-,18?,23?/m0/s1. The lowest BCUT2D eigenvalue weighted by Gasteiger charge is -2.43. The number of likely N-dealkylation sites (tertiary alicyclic amines) is 1. The molecule has 2 fully saturated rings. The zero-order chi connectivity index (χ0) is 23.1. The van der Waals surface area contributed by atoms with E-state index in [4.69, 9.17) is 4.74 Å². The van der Waals surface area contributed by atoms with Gasteiger partial charge in [-0.2, -0.15) is 0 Å². The van der Waals surface area contributed by atoms with Crippen LogP contribution in [-0.4, -0.2) is 58.3 Å². The van der Waals surface area contributed by atoms with E-state index >= 15 is 0 Å². The highest BCUT2D eigenvalue weighted by atomic mass is 32.2. The van der Waals surface area contributed by atoms with E-state index in [2.05, 4.69) is 4.72 Å². The van der Waals surface area contributed by atoms with Gasteiger partial charge in [0, 0.05) is 32.2 Å². The molecule has 1 aliphatic heterocycles. The summed E-state index contributed by atoms with van der Waals surface area (Å²) in [4.78, 5) is 15.2. The predicted octanol–water partition coefficient (Wildman–Crippen LogP) is 2.90. The van der Waals surface area contributed by atoms with Crippen LogP contribution >= 0.6 is 0 Å². The number of ether oxygens (including phenoxy) is 1. The van der Waals surface area contributed by atoms with Crippen LogP contribution in [0.2, 0.25) is 0 Å². The van der Waals surface area contributed by atoms with Crippen molar-refractivity contribution in [1.82, 2.24) is 9.62 Å². The summed E-state index contributed by atoms with van der Waals surface area (Å²) in [5, 5.41) is 0. The van der Waals surface area contributed by atoms with Crippen LogP contribution in [0.3, 0.4) is 0 Å². The molecule has 1 amide bonds. The first-order valence-corrected chi connectivity index (χ1v) is 12.3. The maximum absolute atomic E-state index is 14.5. The van der Waals surface area contributed by atoms with Gasteiger partial charge in [0.2, 0.25) is 15.9 Å². The van der Waals surface area contributed by atoms with Gasteiger partial charge in [0.15, 0.2) is 0 Å². The van der Waals surface area contributed by atoms with Crippen molar-refractivity contribution in [3.8, 4) is 11.1 Å². The van der Waals surface area contributed by atoms with E-state index in [9.17, 15) is 22.0 Å². The third kappa shape index (κ3) is 4.16. The minimum Gasteiger partial charge on any atom is -0.384 e. The number of benzene rings is 2. The fourth-order valence-electron chi connectivity index (χ4n) is 4.67. The number of nitrogens with one attached hydrogen (secondary N) is 1. The number of amides is 1. The number of hydrogen-bond donors (Lipinski definition) is 1. The molecule has 172 valence electrons. The molecule has 0 aromatic heterocycles. The smallest absolute Gasteiger partial charge is 0.232 e. The molecule has 3 atom stereocenters. The van der Waals surface area contributed by atoms with Crippen LogP contribution in [0, 0.1) is 17.0 Å². The molecule has 32 heavy (non-hydrogen) atoms. The summed E-state index contributed by atoms with van der Waals surface area (Å²) in [5.41, 5.74) is 0.190.